The lowest BCUT2D eigenvalue weighted by Gasteiger charge is -2.38. The molecule has 0 radical (unpaired) electrons. The summed E-state index contributed by atoms with van der Waals surface area (Å²) >= 11 is 0. The van der Waals surface area contributed by atoms with E-state index in [4.69, 9.17) is 0 Å². The number of piperidine rings is 1. The van der Waals surface area contributed by atoms with Gasteiger partial charge in [-0.15, -0.1) is 6.58 Å². The lowest BCUT2D eigenvalue weighted by Crippen LogP contribution is -2.62. The molecule has 1 aliphatic carbocycles. The minimum Gasteiger partial charge on any atom is -0.346 e. The summed E-state index contributed by atoms with van der Waals surface area (Å²) in [5.41, 5.74) is -1.59. The number of nitrogens with one attached hydrogen (secondary N) is 4. The minimum atomic E-state index is -1.05. The second-order valence-corrected chi connectivity index (χ2v) is 15.0. The highest BCUT2D eigenvalue weighted by Gasteiger charge is 2.70. The summed E-state index contributed by atoms with van der Waals surface area (Å²) in [6.07, 6.45) is 1.65. The molecular weight excluding hydrogens is 550 g/mol. The standard InChI is InChI=1S/C32H53N5O6/c1-13-15-33-27(41)23(38)19(14-2)34-26(40)22-20-18(32(20,11)12)16-37(22)28(42)24(30(5,6)7)36-29(43)35-21(17(3)4)25(39)31(8,9)10/h13,17-22,24H,1,14-16H2,2-12H3,(H,33,41)(H,34,40)(H2,35,36,43)/t18-,19?,20-,21-,22-,24+/m0/s1. The highest BCUT2D eigenvalue weighted by molar-refractivity contribution is 6.38. The van der Waals surface area contributed by atoms with Crippen molar-refractivity contribution in [3.63, 3.8) is 0 Å². The van der Waals surface area contributed by atoms with Gasteiger partial charge < -0.3 is 26.2 Å². The molecule has 1 heterocycles. The molecule has 0 aromatic carbocycles. The molecule has 2 aliphatic rings. The van der Waals surface area contributed by atoms with Gasteiger partial charge in [0, 0.05) is 18.5 Å². The van der Waals surface area contributed by atoms with Crippen LogP contribution in [0.2, 0.25) is 0 Å². The van der Waals surface area contributed by atoms with Crippen LogP contribution in [0.3, 0.4) is 0 Å². The van der Waals surface area contributed by atoms with E-state index in [1.165, 1.54) is 11.0 Å². The number of hydrogen-bond donors (Lipinski definition) is 4. The summed E-state index contributed by atoms with van der Waals surface area (Å²) in [6, 6.07) is -4.31. The van der Waals surface area contributed by atoms with E-state index in [1.807, 2.05) is 48.5 Å². The normalized spacial score (nSPS) is 22.9. The van der Waals surface area contributed by atoms with Crippen molar-refractivity contribution < 1.29 is 28.8 Å². The van der Waals surface area contributed by atoms with Crippen molar-refractivity contribution in [1.82, 2.24) is 26.2 Å². The molecule has 0 aromatic rings. The molecule has 0 spiro atoms. The van der Waals surface area contributed by atoms with Gasteiger partial charge in [-0.25, -0.2) is 4.79 Å². The number of fused-ring (bicyclic) bond motifs is 1. The molecular formula is C32H53N5O6. The summed E-state index contributed by atoms with van der Waals surface area (Å²) in [7, 11) is 0. The van der Waals surface area contributed by atoms with Crippen LogP contribution in [-0.4, -0.2) is 77.5 Å². The number of carbonyl (C=O) groups is 6. The molecule has 0 bridgehead atoms. The zero-order valence-electron chi connectivity index (χ0n) is 27.8. The van der Waals surface area contributed by atoms with Gasteiger partial charge >= 0.3 is 6.03 Å². The van der Waals surface area contributed by atoms with E-state index >= 15 is 0 Å². The fourth-order valence-electron chi connectivity index (χ4n) is 5.96. The first-order valence-corrected chi connectivity index (χ1v) is 15.3. The Balaban J connectivity index is 2.31. The summed E-state index contributed by atoms with van der Waals surface area (Å²) in [6.45, 7) is 24.3. The lowest BCUT2D eigenvalue weighted by atomic mass is 9.82. The van der Waals surface area contributed by atoms with E-state index < -0.39 is 64.5 Å². The predicted octanol–water partition coefficient (Wildman–Crippen LogP) is 2.59. The number of likely N-dealkylation sites (tertiary alicyclic amines) is 1. The van der Waals surface area contributed by atoms with Crippen LogP contribution < -0.4 is 21.3 Å². The van der Waals surface area contributed by atoms with Crippen molar-refractivity contribution >= 4 is 35.3 Å². The summed E-state index contributed by atoms with van der Waals surface area (Å²) in [5, 5.41) is 10.7. The van der Waals surface area contributed by atoms with E-state index in [-0.39, 0.29) is 41.9 Å². The van der Waals surface area contributed by atoms with Gasteiger partial charge in [-0.05, 0) is 35.0 Å². The first kappa shape index (κ1) is 36.0. The fraction of sp³-hybridized carbons (Fsp3) is 0.750. The van der Waals surface area contributed by atoms with E-state index in [0.29, 0.717) is 6.54 Å². The van der Waals surface area contributed by atoms with Crippen molar-refractivity contribution in [2.45, 2.75) is 107 Å². The maximum atomic E-state index is 14.1. The topological polar surface area (TPSA) is 154 Å². The van der Waals surface area contributed by atoms with Gasteiger partial charge in [-0.2, -0.15) is 0 Å². The van der Waals surface area contributed by atoms with E-state index in [1.54, 1.807) is 27.7 Å². The first-order valence-electron chi connectivity index (χ1n) is 15.3. The minimum absolute atomic E-state index is 0.0723. The van der Waals surface area contributed by atoms with Gasteiger partial charge in [-0.1, -0.05) is 82.2 Å². The molecule has 242 valence electrons. The third-order valence-electron chi connectivity index (χ3n) is 8.80. The number of Topliss-reactive ketones (excluding diaryl/α,β-unsaturated/α-hetero) is 2. The van der Waals surface area contributed by atoms with Crippen LogP contribution in [0.5, 0.6) is 0 Å². The lowest BCUT2D eigenvalue weighted by molar-refractivity contribution is -0.145. The molecule has 2 fully saturated rings. The Hall–Kier alpha value is -3.24. The number of urea groups is 1. The second kappa shape index (κ2) is 13.2. The van der Waals surface area contributed by atoms with E-state index in [2.05, 4.69) is 27.8 Å². The summed E-state index contributed by atoms with van der Waals surface area (Å²) in [5.74, 6) is -2.86. The number of rotatable bonds is 12. The number of ketones is 2. The molecule has 11 nitrogen and oxygen atoms in total. The predicted molar refractivity (Wildman–Crippen MR) is 165 cm³/mol. The van der Waals surface area contributed by atoms with Crippen LogP contribution in [0.1, 0.15) is 82.6 Å². The molecule has 1 unspecified atom stereocenters. The fourth-order valence-corrected chi connectivity index (χ4v) is 5.96. The highest BCUT2D eigenvalue weighted by atomic mass is 16.2. The van der Waals surface area contributed by atoms with Crippen LogP contribution in [-0.2, 0) is 24.0 Å². The van der Waals surface area contributed by atoms with Gasteiger partial charge in [0.15, 0.2) is 5.78 Å². The SMILES string of the molecule is C=CCNC(=O)C(=O)C(CC)NC(=O)[C@@H]1[C@@H]2[C@H](CN1C(=O)[C@@H](NC(=O)N[C@H](C(=O)C(C)(C)C)C(C)C)C(C)(C)C)C2(C)C. The van der Waals surface area contributed by atoms with Crippen molar-refractivity contribution in [2.75, 3.05) is 13.1 Å². The zero-order valence-corrected chi connectivity index (χ0v) is 27.8. The van der Waals surface area contributed by atoms with Crippen LogP contribution in [0.4, 0.5) is 4.79 Å². The summed E-state index contributed by atoms with van der Waals surface area (Å²) in [4.78, 5) is 80.7. The van der Waals surface area contributed by atoms with Crippen LogP contribution in [0.15, 0.2) is 12.7 Å². The monoisotopic (exact) mass is 603 g/mol. The van der Waals surface area contributed by atoms with Gasteiger partial charge in [0.05, 0.1) is 12.1 Å². The van der Waals surface area contributed by atoms with E-state index in [9.17, 15) is 28.8 Å². The third kappa shape index (κ3) is 8.03. The number of amides is 5. The van der Waals surface area contributed by atoms with Crippen LogP contribution in [0, 0.1) is 34.0 Å². The Labute approximate surface area is 256 Å². The van der Waals surface area contributed by atoms with Crippen molar-refractivity contribution in [2.24, 2.45) is 34.0 Å². The Morgan fingerprint density at radius 3 is 2.02 bits per heavy atom. The Bertz CT molecular complexity index is 1130. The maximum Gasteiger partial charge on any atom is 0.316 e. The smallest absolute Gasteiger partial charge is 0.316 e. The van der Waals surface area contributed by atoms with Crippen molar-refractivity contribution in [1.29, 1.82) is 0 Å². The maximum absolute atomic E-state index is 14.1. The largest absolute Gasteiger partial charge is 0.346 e. The van der Waals surface area contributed by atoms with Gasteiger partial charge in [0.25, 0.3) is 5.91 Å². The Morgan fingerprint density at radius 1 is 0.977 bits per heavy atom. The molecule has 2 rings (SSSR count). The molecule has 1 saturated heterocycles. The molecule has 11 heteroatoms. The quantitative estimate of drug-likeness (QED) is 0.199. The van der Waals surface area contributed by atoms with Gasteiger partial charge in [0.1, 0.15) is 12.1 Å². The second-order valence-electron chi connectivity index (χ2n) is 15.0. The molecule has 1 aliphatic heterocycles. The molecule has 43 heavy (non-hydrogen) atoms. The van der Waals surface area contributed by atoms with Crippen LogP contribution >= 0.6 is 0 Å². The van der Waals surface area contributed by atoms with E-state index in [0.717, 1.165) is 0 Å². The molecule has 1 saturated carbocycles. The highest BCUT2D eigenvalue weighted by Crippen LogP contribution is 2.65. The summed E-state index contributed by atoms with van der Waals surface area (Å²) < 4.78 is 0. The first-order chi connectivity index (χ1) is 19.6. The van der Waals surface area contributed by atoms with Crippen molar-refractivity contribution in [3.8, 4) is 0 Å². The molecule has 5 amide bonds. The van der Waals surface area contributed by atoms with Gasteiger partial charge in [0.2, 0.25) is 17.6 Å². The zero-order chi connectivity index (χ0) is 33.2. The van der Waals surface area contributed by atoms with Crippen molar-refractivity contribution in [3.05, 3.63) is 12.7 Å². The average Bonchev–Trinajstić information content (AvgIpc) is 3.22. The molecule has 4 N–H and O–H groups in total. The Kier molecular flexibility index (Phi) is 11.0. The number of hydrogen-bond acceptors (Lipinski definition) is 6. The number of nitrogens with zero attached hydrogens (tertiary/aromatic N) is 1. The van der Waals surface area contributed by atoms with Gasteiger partial charge in [-0.3, -0.25) is 24.0 Å². The molecule has 0 aromatic heterocycles. The van der Waals surface area contributed by atoms with Crippen LogP contribution in [0.25, 0.3) is 0 Å². The average molecular weight is 604 g/mol. The number of carbonyl (C=O) groups excluding carboxylic acids is 6. The third-order valence-corrected chi connectivity index (χ3v) is 8.80. The Morgan fingerprint density at radius 2 is 1.56 bits per heavy atom. The molecule has 6 atom stereocenters.